The first kappa shape index (κ1) is 20.6. The highest BCUT2D eigenvalue weighted by atomic mass is 35.5. The van der Waals surface area contributed by atoms with E-state index in [1.807, 2.05) is 6.07 Å². The zero-order chi connectivity index (χ0) is 20.1. The molecule has 0 bridgehead atoms. The van der Waals surface area contributed by atoms with E-state index in [0.717, 1.165) is 13.1 Å². The van der Waals surface area contributed by atoms with Gasteiger partial charge in [0.2, 0.25) is 15.9 Å². The van der Waals surface area contributed by atoms with E-state index >= 15 is 0 Å². The summed E-state index contributed by atoms with van der Waals surface area (Å²) in [5.41, 5.74) is 2.38. The van der Waals surface area contributed by atoms with Crippen molar-refractivity contribution in [1.82, 2.24) is 9.62 Å². The molecule has 1 N–H and O–H groups in total. The quantitative estimate of drug-likeness (QED) is 0.778. The summed E-state index contributed by atoms with van der Waals surface area (Å²) < 4.78 is 27.0. The fraction of sp³-hybridized carbons (Fsp3) is 0.350. The van der Waals surface area contributed by atoms with Crippen molar-refractivity contribution in [1.29, 1.82) is 0 Å². The van der Waals surface area contributed by atoms with Crippen molar-refractivity contribution < 1.29 is 13.2 Å². The summed E-state index contributed by atoms with van der Waals surface area (Å²) in [6, 6.07) is 14.4. The molecule has 3 rings (SSSR count). The molecule has 0 aliphatic carbocycles. The van der Waals surface area contributed by atoms with Crippen molar-refractivity contribution in [2.45, 2.75) is 18.2 Å². The molecule has 1 fully saturated rings. The Kier molecular flexibility index (Phi) is 6.59. The summed E-state index contributed by atoms with van der Waals surface area (Å²) in [7, 11) is -3.67. The first-order chi connectivity index (χ1) is 13.3. The minimum Gasteiger partial charge on any atom is -0.368 e. The summed E-state index contributed by atoms with van der Waals surface area (Å²) >= 11 is 5.84. The molecule has 1 heterocycles. The summed E-state index contributed by atoms with van der Waals surface area (Å²) in [5, 5.41) is 0.352. The molecular weight excluding hydrogens is 398 g/mol. The van der Waals surface area contributed by atoms with Gasteiger partial charge in [0.05, 0.1) is 4.90 Å². The second kappa shape index (κ2) is 8.94. The van der Waals surface area contributed by atoms with Crippen LogP contribution >= 0.6 is 11.6 Å². The Bertz CT molecular complexity index is 941. The Labute approximate surface area is 171 Å². The van der Waals surface area contributed by atoms with E-state index in [4.69, 9.17) is 11.6 Å². The van der Waals surface area contributed by atoms with Gasteiger partial charge >= 0.3 is 0 Å². The number of hydrogen-bond donors (Lipinski definition) is 1. The number of amides is 1. The molecule has 1 amide bonds. The van der Waals surface area contributed by atoms with Gasteiger partial charge in [-0.05, 0) is 42.8 Å². The molecule has 0 spiro atoms. The van der Waals surface area contributed by atoms with Crippen molar-refractivity contribution in [2.24, 2.45) is 0 Å². The molecule has 1 aliphatic heterocycles. The highest BCUT2D eigenvalue weighted by Crippen LogP contribution is 2.18. The second-order valence-corrected chi connectivity index (χ2v) is 9.02. The Hall–Kier alpha value is -2.09. The monoisotopic (exact) mass is 421 g/mol. The lowest BCUT2D eigenvalue weighted by Gasteiger charge is -2.36. The van der Waals surface area contributed by atoms with Gasteiger partial charge in [-0.1, -0.05) is 29.8 Å². The number of piperazine rings is 1. The predicted octanol–water partition coefficient (Wildman–Crippen LogP) is 2.67. The van der Waals surface area contributed by atoms with Crippen LogP contribution in [0.2, 0.25) is 5.02 Å². The van der Waals surface area contributed by atoms with E-state index in [-0.39, 0.29) is 23.8 Å². The van der Waals surface area contributed by atoms with Crippen LogP contribution in [0, 0.1) is 6.92 Å². The highest BCUT2D eigenvalue weighted by molar-refractivity contribution is 7.89. The van der Waals surface area contributed by atoms with E-state index in [1.54, 1.807) is 17.0 Å². The average Bonchev–Trinajstić information content (AvgIpc) is 2.68. The van der Waals surface area contributed by atoms with Crippen molar-refractivity contribution in [3.8, 4) is 0 Å². The largest absolute Gasteiger partial charge is 0.368 e. The first-order valence-corrected chi connectivity index (χ1v) is 11.1. The Morgan fingerprint density at radius 1 is 1.07 bits per heavy atom. The molecular formula is C20H24ClN3O3S. The van der Waals surface area contributed by atoms with Crippen LogP contribution in [-0.2, 0) is 14.8 Å². The van der Waals surface area contributed by atoms with Crippen LogP contribution in [0.3, 0.4) is 0 Å². The Balaban J connectivity index is 1.47. The van der Waals surface area contributed by atoms with Gasteiger partial charge in [0.1, 0.15) is 0 Å². The zero-order valence-electron chi connectivity index (χ0n) is 15.8. The average molecular weight is 422 g/mol. The van der Waals surface area contributed by atoms with Crippen molar-refractivity contribution in [2.75, 3.05) is 37.6 Å². The number of nitrogens with zero attached hydrogens (tertiary/aromatic N) is 2. The maximum atomic E-state index is 12.4. The number of carbonyl (C=O) groups excluding carboxylic acids is 1. The van der Waals surface area contributed by atoms with Gasteiger partial charge < -0.3 is 9.80 Å². The summed E-state index contributed by atoms with van der Waals surface area (Å²) in [6.07, 6.45) is 0.129. The number of sulfonamides is 1. The summed E-state index contributed by atoms with van der Waals surface area (Å²) in [6.45, 7) is 4.92. The van der Waals surface area contributed by atoms with Gasteiger partial charge in [0.25, 0.3) is 0 Å². The van der Waals surface area contributed by atoms with Gasteiger partial charge in [0, 0.05) is 49.9 Å². The number of halogens is 1. The Morgan fingerprint density at radius 3 is 2.46 bits per heavy atom. The van der Waals surface area contributed by atoms with Gasteiger partial charge in [0.15, 0.2) is 0 Å². The number of carbonyl (C=O) groups is 1. The molecule has 0 aromatic heterocycles. The fourth-order valence-corrected chi connectivity index (χ4v) is 4.54. The standard InChI is InChI=1S/C20H24ClN3O3S/c1-16-4-2-6-18(14-16)23-10-12-24(13-11-23)20(25)8-9-22-28(26,27)19-7-3-5-17(21)15-19/h2-7,14-15,22H,8-13H2,1H3. The lowest BCUT2D eigenvalue weighted by Crippen LogP contribution is -2.49. The van der Waals surface area contributed by atoms with E-state index < -0.39 is 10.0 Å². The SMILES string of the molecule is Cc1cccc(N2CCN(C(=O)CCNS(=O)(=O)c3cccc(Cl)c3)CC2)c1. The van der Waals surface area contributed by atoms with Crippen LogP contribution in [0.4, 0.5) is 5.69 Å². The molecule has 0 atom stereocenters. The smallest absolute Gasteiger partial charge is 0.240 e. The van der Waals surface area contributed by atoms with E-state index in [9.17, 15) is 13.2 Å². The summed E-state index contributed by atoms with van der Waals surface area (Å²) in [5.74, 6) is -0.0438. The lowest BCUT2D eigenvalue weighted by molar-refractivity contribution is -0.131. The van der Waals surface area contributed by atoms with Crippen LogP contribution in [0.1, 0.15) is 12.0 Å². The van der Waals surface area contributed by atoms with Crippen LogP contribution in [0.5, 0.6) is 0 Å². The molecule has 2 aromatic carbocycles. The number of rotatable bonds is 6. The third-order valence-electron chi connectivity index (χ3n) is 4.74. The van der Waals surface area contributed by atoms with Gasteiger partial charge in [-0.15, -0.1) is 0 Å². The van der Waals surface area contributed by atoms with Gasteiger partial charge in [-0.2, -0.15) is 0 Å². The predicted molar refractivity (Wildman–Crippen MR) is 111 cm³/mol. The van der Waals surface area contributed by atoms with E-state index in [1.165, 1.54) is 23.4 Å². The maximum absolute atomic E-state index is 12.4. The van der Waals surface area contributed by atoms with E-state index in [2.05, 4.69) is 34.7 Å². The molecule has 6 nitrogen and oxygen atoms in total. The van der Waals surface area contributed by atoms with Crippen LogP contribution in [-0.4, -0.2) is 51.9 Å². The minimum absolute atomic E-state index is 0.0438. The van der Waals surface area contributed by atoms with Gasteiger partial charge in [-0.3, -0.25) is 4.79 Å². The zero-order valence-corrected chi connectivity index (χ0v) is 17.3. The molecule has 150 valence electrons. The molecule has 1 saturated heterocycles. The fourth-order valence-electron chi connectivity index (χ4n) is 3.21. The normalized spacial score (nSPS) is 14.9. The number of hydrogen-bond acceptors (Lipinski definition) is 4. The third-order valence-corrected chi connectivity index (χ3v) is 6.43. The summed E-state index contributed by atoms with van der Waals surface area (Å²) in [4.78, 5) is 16.6. The molecule has 0 radical (unpaired) electrons. The molecule has 0 saturated carbocycles. The van der Waals surface area contributed by atoms with Gasteiger partial charge in [-0.25, -0.2) is 13.1 Å². The molecule has 0 unspecified atom stereocenters. The van der Waals surface area contributed by atoms with Crippen molar-refractivity contribution in [3.05, 3.63) is 59.1 Å². The van der Waals surface area contributed by atoms with Crippen molar-refractivity contribution in [3.63, 3.8) is 0 Å². The van der Waals surface area contributed by atoms with Crippen LogP contribution < -0.4 is 9.62 Å². The number of nitrogens with one attached hydrogen (secondary N) is 1. The first-order valence-electron chi connectivity index (χ1n) is 9.20. The maximum Gasteiger partial charge on any atom is 0.240 e. The highest BCUT2D eigenvalue weighted by Gasteiger charge is 2.22. The lowest BCUT2D eigenvalue weighted by atomic mass is 10.2. The molecule has 8 heteroatoms. The number of anilines is 1. The van der Waals surface area contributed by atoms with Crippen LogP contribution in [0.25, 0.3) is 0 Å². The topological polar surface area (TPSA) is 69.7 Å². The third kappa shape index (κ3) is 5.25. The number of benzene rings is 2. The van der Waals surface area contributed by atoms with E-state index in [0.29, 0.717) is 18.1 Å². The second-order valence-electron chi connectivity index (χ2n) is 6.81. The Morgan fingerprint density at radius 2 is 1.79 bits per heavy atom. The number of aryl methyl sites for hydroxylation is 1. The van der Waals surface area contributed by atoms with Crippen molar-refractivity contribution >= 4 is 33.2 Å². The molecule has 2 aromatic rings. The molecule has 1 aliphatic rings. The van der Waals surface area contributed by atoms with Crippen LogP contribution in [0.15, 0.2) is 53.4 Å². The molecule has 28 heavy (non-hydrogen) atoms. The minimum atomic E-state index is -3.67.